The van der Waals surface area contributed by atoms with Gasteiger partial charge in [0.1, 0.15) is 0 Å². The Labute approximate surface area is 81.1 Å². The monoisotopic (exact) mass is 209 g/mol. The molecule has 0 aromatic heterocycles. The molecule has 0 aliphatic carbocycles. The van der Waals surface area contributed by atoms with E-state index in [0.717, 1.165) is 0 Å². The summed E-state index contributed by atoms with van der Waals surface area (Å²) >= 11 is 0. The van der Waals surface area contributed by atoms with E-state index < -0.39 is 12.6 Å². The van der Waals surface area contributed by atoms with Crippen molar-refractivity contribution in [3.63, 3.8) is 0 Å². The molecule has 0 fully saturated rings. The van der Waals surface area contributed by atoms with E-state index >= 15 is 0 Å². The van der Waals surface area contributed by atoms with Gasteiger partial charge in [0.2, 0.25) is 0 Å². The van der Waals surface area contributed by atoms with Crippen molar-refractivity contribution in [3.8, 4) is 0 Å². The third-order valence-corrected chi connectivity index (χ3v) is 1.34. The zero-order valence-corrected chi connectivity index (χ0v) is 7.99. The highest BCUT2D eigenvalue weighted by Crippen LogP contribution is 2.17. The number of aliphatic imine (C=N–C) groups is 1. The molecule has 0 aromatic rings. The molecule has 0 atom stereocenters. The van der Waals surface area contributed by atoms with Crippen LogP contribution in [0.1, 0.15) is 6.42 Å². The second-order valence-corrected chi connectivity index (χ2v) is 2.53. The number of alkyl halides is 3. The summed E-state index contributed by atoms with van der Waals surface area (Å²) in [6.45, 7) is 3.74. The van der Waals surface area contributed by atoms with Crippen molar-refractivity contribution in [1.29, 1.82) is 0 Å². The van der Waals surface area contributed by atoms with Gasteiger partial charge in [-0.2, -0.15) is 13.2 Å². The second-order valence-electron chi connectivity index (χ2n) is 2.53. The minimum Gasteiger partial charge on any atom is -0.356 e. The summed E-state index contributed by atoms with van der Waals surface area (Å²) in [6.07, 6.45) is -3.41. The van der Waals surface area contributed by atoms with E-state index in [2.05, 4.69) is 22.2 Å². The van der Waals surface area contributed by atoms with Gasteiger partial charge >= 0.3 is 6.18 Å². The van der Waals surface area contributed by atoms with Crippen LogP contribution >= 0.6 is 0 Å². The lowest BCUT2D eigenvalue weighted by Crippen LogP contribution is -2.38. The zero-order valence-electron chi connectivity index (χ0n) is 7.99. The number of hydrogen-bond acceptors (Lipinski definition) is 1. The van der Waals surface area contributed by atoms with E-state index in [0.29, 0.717) is 12.5 Å². The topological polar surface area (TPSA) is 36.4 Å². The lowest BCUT2D eigenvalue weighted by molar-refractivity contribution is -0.132. The highest BCUT2D eigenvalue weighted by molar-refractivity contribution is 5.79. The predicted molar refractivity (Wildman–Crippen MR) is 50.2 cm³/mol. The summed E-state index contributed by atoms with van der Waals surface area (Å²) in [6, 6.07) is 0. The van der Waals surface area contributed by atoms with Crippen molar-refractivity contribution in [2.75, 3.05) is 20.1 Å². The molecular formula is C8H14F3N3. The summed E-state index contributed by atoms with van der Waals surface area (Å²) < 4.78 is 35.2. The summed E-state index contributed by atoms with van der Waals surface area (Å²) in [5.74, 6) is 0.342. The molecule has 14 heavy (non-hydrogen) atoms. The Kier molecular flexibility index (Phi) is 5.74. The van der Waals surface area contributed by atoms with Gasteiger partial charge in [0.25, 0.3) is 0 Å². The summed E-state index contributed by atoms with van der Waals surface area (Å²) in [5, 5.41) is 5.29. The first kappa shape index (κ1) is 12.8. The Morgan fingerprint density at radius 3 is 2.50 bits per heavy atom. The molecule has 0 radical (unpaired) electrons. The average Bonchev–Trinajstić information content (AvgIpc) is 2.09. The normalized spacial score (nSPS) is 12.4. The Balaban J connectivity index is 3.69. The van der Waals surface area contributed by atoms with Gasteiger partial charge in [-0.05, 0) is 0 Å². The third-order valence-electron chi connectivity index (χ3n) is 1.34. The molecule has 0 unspecified atom stereocenters. The van der Waals surface area contributed by atoms with Crippen LogP contribution in [0.2, 0.25) is 0 Å². The molecule has 0 heterocycles. The van der Waals surface area contributed by atoms with Crippen LogP contribution in [0.4, 0.5) is 13.2 Å². The van der Waals surface area contributed by atoms with Crippen molar-refractivity contribution < 1.29 is 13.2 Å². The molecule has 0 saturated heterocycles. The van der Waals surface area contributed by atoms with E-state index in [-0.39, 0.29) is 6.54 Å². The number of rotatable bonds is 4. The second kappa shape index (κ2) is 6.28. The minimum absolute atomic E-state index is 0.180. The molecule has 0 aromatic carbocycles. The molecule has 2 N–H and O–H groups in total. The quantitative estimate of drug-likeness (QED) is 0.416. The summed E-state index contributed by atoms with van der Waals surface area (Å²) in [7, 11) is 1.49. The highest BCUT2D eigenvalue weighted by Gasteiger charge is 2.26. The van der Waals surface area contributed by atoms with E-state index in [4.69, 9.17) is 0 Å². The van der Waals surface area contributed by atoms with Gasteiger partial charge in [0.05, 0.1) is 6.42 Å². The lowest BCUT2D eigenvalue weighted by atomic mass is 10.4. The minimum atomic E-state index is -4.13. The lowest BCUT2D eigenvalue weighted by Gasteiger charge is -2.11. The molecule has 0 aliphatic rings. The van der Waals surface area contributed by atoms with Crippen molar-refractivity contribution >= 4 is 5.96 Å². The van der Waals surface area contributed by atoms with Crippen LogP contribution in [0, 0.1) is 0 Å². The summed E-state index contributed by atoms with van der Waals surface area (Å²) in [4.78, 5) is 3.72. The fourth-order valence-corrected chi connectivity index (χ4v) is 0.712. The molecule has 0 amide bonds. The molecule has 6 heteroatoms. The van der Waals surface area contributed by atoms with E-state index in [9.17, 15) is 13.2 Å². The van der Waals surface area contributed by atoms with Crippen LogP contribution in [0.5, 0.6) is 0 Å². The molecule has 0 rings (SSSR count). The predicted octanol–water partition coefficient (Wildman–Crippen LogP) is 1.29. The van der Waals surface area contributed by atoms with Gasteiger partial charge < -0.3 is 10.6 Å². The van der Waals surface area contributed by atoms with Crippen LogP contribution in [-0.4, -0.2) is 32.3 Å². The largest absolute Gasteiger partial charge is 0.390 e. The van der Waals surface area contributed by atoms with Gasteiger partial charge in [0.15, 0.2) is 5.96 Å². The molecule has 0 spiro atoms. The Morgan fingerprint density at radius 1 is 1.43 bits per heavy atom. The average molecular weight is 209 g/mol. The van der Waals surface area contributed by atoms with Crippen molar-refractivity contribution in [3.05, 3.63) is 12.7 Å². The maximum absolute atomic E-state index is 11.7. The Bertz CT molecular complexity index is 198. The van der Waals surface area contributed by atoms with Crippen LogP contribution < -0.4 is 10.6 Å². The SMILES string of the molecule is C=CCNC(=NC)NCCC(F)(F)F. The maximum Gasteiger partial charge on any atom is 0.390 e. The third kappa shape index (κ3) is 7.45. The van der Waals surface area contributed by atoms with Crippen LogP contribution in [-0.2, 0) is 0 Å². The number of guanidine groups is 1. The maximum atomic E-state index is 11.7. The number of hydrogen-bond donors (Lipinski definition) is 2. The smallest absolute Gasteiger partial charge is 0.356 e. The Hall–Kier alpha value is -1.20. The molecule has 82 valence electrons. The van der Waals surface area contributed by atoms with Gasteiger partial charge in [-0.25, -0.2) is 0 Å². The van der Waals surface area contributed by atoms with Gasteiger partial charge in [-0.1, -0.05) is 6.08 Å². The molecule has 3 nitrogen and oxygen atoms in total. The fraction of sp³-hybridized carbons (Fsp3) is 0.625. The zero-order chi connectivity index (χ0) is 11.0. The Morgan fingerprint density at radius 2 is 2.07 bits per heavy atom. The van der Waals surface area contributed by atoms with Gasteiger partial charge in [-0.15, -0.1) is 6.58 Å². The fourth-order valence-electron chi connectivity index (χ4n) is 0.712. The van der Waals surface area contributed by atoms with E-state index in [1.165, 1.54) is 7.05 Å². The van der Waals surface area contributed by atoms with Gasteiger partial charge in [0, 0.05) is 20.1 Å². The van der Waals surface area contributed by atoms with E-state index in [1.807, 2.05) is 0 Å². The van der Waals surface area contributed by atoms with Crippen molar-refractivity contribution in [1.82, 2.24) is 10.6 Å². The molecule has 0 bridgehead atoms. The standard InChI is InChI=1S/C8H14F3N3/c1-3-5-13-7(12-2)14-6-4-8(9,10)11/h3H,1,4-6H2,2H3,(H2,12,13,14). The van der Waals surface area contributed by atoms with E-state index in [1.54, 1.807) is 6.08 Å². The first-order valence-corrected chi connectivity index (χ1v) is 4.11. The van der Waals surface area contributed by atoms with Gasteiger partial charge in [-0.3, -0.25) is 4.99 Å². The van der Waals surface area contributed by atoms with Crippen LogP contribution in [0.15, 0.2) is 17.6 Å². The van der Waals surface area contributed by atoms with Crippen molar-refractivity contribution in [2.24, 2.45) is 4.99 Å². The summed E-state index contributed by atoms with van der Waals surface area (Å²) in [5.41, 5.74) is 0. The highest BCUT2D eigenvalue weighted by atomic mass is 19.4. The number of nitrogens with one attached hydrogen (secondary N) is 2. The first-order chi connectivity index (χ1) is 6.49. The molecule has 0 aliphatic heterocycles. The van der Waals surface area contributed by atoms with Crippen LogP contribution in [0.3, 0.4) is 0 Å². The molecule has 0 saturated carbocycles. The van der Waals surface area contributed by atoms with Crippen LogP contribution in [0.25, 0.3) is 0 Å². The first-order valence-electron chi connectivity index (χ1n) is 4.11. The number of nitrogens with zero attached hydrogens (tertiary/aromatic N) is 1. The molecular weight excluding hydrogens is 195 g/mol. The van der Waals surface area contributed by atoms with Crippen molar-refractivity contribution in [2.45, 2.75) is 12.6 Å². The number of halogens is 3.